The molecule has 1 aliphatic rings. The first-order valence-corrected chi connectivity index (χ1v) is 8.69. The van der Waals surface area contributed by atoms with Crippen molar-refractivity contribution < 1.29 is 0 Å². The predicted molar refractivity (Wildman–Crippen MR) is 87.3 cm³/mol. The third-order valence-corrected chi connectivity index (χ3v) is 6.86. The summed E-state index contributed by atoms with van der Waals surface area (Å²) in [6, 6.07) is 0. The average Bonchev–Trinajstić information content (AvgIpc) is 2.34. The summed E-state index contributed by atoms with van der Waals surface area (Å²) in [6.07, 6.45) is 7.07. The molecule has 0 nitrogen and oxygen atoms in total. The zero-order chi connectivity index (χ0) is 14.8. The van der Waals surface area contributed by atoms with Gasteiger partial charge in [-0.3, -0.25) is 0 Å². The molecular formula is C19H38. The molecule has 0 spiro atoms. The lowest BCUT2D eigenvalue weighted by Gasteiger charge is -2.60. The highest BCUT2D eigenvalue weighted by atomic mass is 14.6. The molecule has 4 atom stereocenters. The Bertz CT molecular complexity index is 276. The number of hydrogen-bond acceptors (Lipinski definition) is 0. The van der Waals surface area contributed by atoms with Gasteiger partial charge in [0, 0.05) is 0 Å². The van der Waals surface area contributed by atoms with Gasteiger partial charge in [-0.25, -0.2) is 0 Å². The Morgan fingerprint density at radius 2 is 1.79 bits per heavy atom. The molecule has 0 bridgehead atoms. The Labute approximate surface area is 122 Å². The number of hydrogen-bond donors (Lipinski definition) is 0. The Morgan fingerprint density at radius 1 is 1.21 bits per heavy atom. The van der Waals surface area contributed by atoms with E-state index in [1.54, 1.807) is 0 Å². The Kier molecular flexibility index (Phi) is 5.55. The van der Waals surface area contributed by atoms with Crippen LogP contribution in [0, 0.1) is 34.5 Å². The van der Waals surface area contributed by atoms with Crippen LogP contribution in [0.25, 0.3) is 0 Å². The summed E-state index contributed by atoms with van der Waals surface area (Å²) in [4.78, 5) is 0. The molecule has 0 heterocycles. The highest BCUT2D eigenvalue weighted by Gasteiger charge is 2.53. The van der Waals surface area contributed by atoms with E-state index in [0.717, 1.165) is 23.7 Å². The molecule has 0 N–H and O–H groups in total. The quantitative estimate of drug-likeness (QED) is 0.490. The number of rotatable bonds is 7. The van der Waals surface area contributed by atoms with Gasteiger partial charge in [-0.15, -0.1) is 0 Å². The Hall–Kier alpha value is 0. The maximum Gasteiger partial charge on any atom is -0.0292 e. The topological polar surface area (TPSA) is 0 Å². The van der Waals surface area contributed by atoms with Crippen LogP contribution >= 0.6 is 0 Å². The monoisotopic (exact) mass is 266 g/mol. The van der Waals surface area contributed by atoms with Gasteiger partial charge in [0.05, 0.1) is 0 Å². The fourth-order valence-electron chi connectivity index (χ4n) is 4.31. The van der Waals surface area contributed by atoms with E-state index in [1.807, 2.05) is 0 Å². The molecule has 0 aliphatic heterocycles. The van der Waals surface area contributed by atoms with E-state index in [2.05, 4.69) is 55.4 Å². The summed E-state index contributed by atoms with van der Waals surface area (Å²) in [7, 11) is 0. The van der Waals surface area contributed by atoms with E-state index in [-0.39, 0.29) is 0 Å². The van der Waals surface area contributed by atoms with Gasteiger partial charge >= 0.3 is 0 Å². The van der Waals surface area contributed by atoms with Crippen molar-refractivity contribution in [1.29, 1.82) is 0 Å². The highest BCUT2D eigenvalue weighted by molar-refractivity contribution is 5.02. The fourth-order valence-corrected chi connectivity index (χ4v) is 4.31. The summed E-state index contributed by atoms with van der Waals surface area (Å²) < 4.78 is 0. The first kappa shape index (κ1) is 17.1. The smallest absolute Gasteiger partial charge is 0.0292 e. The molecule has 114 valence electrons. The summed E-state index contributed by atoms with van der Waals surface area (Å²) in [5, 5.41) is 0. The van der Waals surface area contributed by atoms with Crippen LogP contribution in [-0.4, -0.2) is 0 Å². The zero-order valence-electron chi connectivity index (χ0n) is 14.8. The van der Waals surface area contributed by atoms with Crippen LogP contribution in [0.3, 0.4) is 0 Å². The summed E-state index contributed by atoms with van der Waals surface area (Å²) in [5.74, 6) is 3.58. The van der Waals surface area contributed by atoms with Gasteiger partial charge in [-0.1, -0.05) is 74.7 Å². The van der Waals surface area contributed by atoms with Crippen molar-refractivity contribution in [2.24, 2.45) is 34.5 Å². The van der Waals surface area contributed by atoms with E-state index < -0.39 is 0 Å². The van der Waals surface area contributed by atoms with Gasteiger partial charge in [-0.05, 0) is 47.3 Å². The lowest BCUT2D eigenvalue weighted by atomic mass is 9.45. The van der Waals surface area contributed by atoms with E-state index in [1.165, 1.54) is 32.1 Å². The second-order valence-corrected chi connectivity index (χ2v) is 8.50. The maximum atomic E-state index is 2.56. The third-order valence-electron chi connectivity index (χ3n) is 6.86. The van der Waals surface area contributed by atoms with Crippen LogP contribution < -0.4 is 0 Å². The van der Waals surface area contributed by atoms with Gasteiger partial charge in [-0.2, -0.15) is 0 Å². The van der Waals surface area contributed by atoms with Crippen LogP contribution in [0.1, 0.15) is 87.5 Å². The summed E-state index contributed by atoms with van der Waals surface area (Å²) >= 11 is 0. The van der Waals surface area contributed by atoms with Crippen LogP contribution in [0.2, 0.25) is 0 Å². The van der Waals surface area contributed by atoms with Crippen molar-refractivity contribution in [2.75, 3.05) is 0 Å². The predicted octanol–water partition coefficient (Wildman–Crippen LogP) is 6.55. The van der Waals surface area contributed by atoms with Crippen LogP contribution in [0.4, 0.5) is 0 Å². The normalized spacial score (nSPS) is 33.3. The van der Waals surface area contributed by atoms with Crippen molar-refractivity contribution in [2.45, 2.75) is 87.5 Å². The Balaban J connectivity index is 2.64. The first-order chi connectivity index (χ1) is 8.69. The molecule has 0 aromatic rings. The molecule has 1 aliphatic carbocycles. The van der Waals surface area contributed by atoms with Crippen molar-refractivity contribution in [3.05, 3.63) is 0 Å². The lowest BCUT2D eigenvalue weighted by molar-refractivity contribution is -0.109. The maximum absolute atomic E-state index is 2.56. The minimum Gasteiger partial charge on any atom is -0.0654 e. The van der Waals surface area contributed by atoms with Crippen molar-refractivity contribution >= 4 is 0 Å². The third kappa shape index (κ3) is 3.37. The van der Waals surface area contributed by atoms with Crippen LogP contribution in [-0.2, 0) is 0 Å². The van der Waals surface area contributed by atoms with E-state index in [9.17, 15) is 0 Å². The van der Waals surface area contributed by atoms with Crippen LogP contribution in [0.5, 0.6) is 0 Å². The lowest BCUT2D eigenvalue weighted by Crippen LogP contribution is -2.52. The SMILES string of the molecule is CCCC(CC)CC1(C)CC(C(C)(C)C(C)C)C1C. The summed E-state index contributed by atoms with van der Waals surface area (Å²) in [5.41, 5.74) is 1.12. The molecule has 0 heteroatoms. The van der Waals surface area contributed by atoms with Gasteiger partial charge in [0.25, 0.3) is 0 Å². The Morgan fingerprint density at radius 3 is 2.16 bits per heavy atom. The van der Waals surface area contributed by atoms with Gasteiger partial charge < -0.3 is 0 Å². The highest BCUT2D eigenvalue weighted by Crippen LogP contribution is 2.61. The van der Waals surface area contributed by atoms with Crippen molar-refractivity contribution in [3.8, 4) is 0 Å². The van der Waals surface area contributed by atoms with Crippen molar-refractivity contribution in [3.63, 3.8) is 0 Å². The molecular weight excluding hydrogens is 228 g/mol. The molecule has 0 aromatic carbocycles. The molecule has 1 rings (SSSR count). The largest absolute Gasteiger partial charge is 0.0654 e. The molecule has 0 saturated heterocycles. The first-order valence-electron chi connectivity index (χ1n) is 8.69. The molecule has 0 radical (unpaired) electrons. The standard InChI is InChI=1S/C19H38/c1-9-11-16(10-2)12-19(8)13-17(15(19)5)18(6,7)14(3)4/h14-17H,9-13H2,1-8H3. The minimum atomic E-state index is 0.505. The molecule has 0 amide bonds. The summed E-state index contributed by atoms with van der Waals surface area (Å²) in [6.45, 7) is 19.6. The van der Waals surface area contributed by atoms with Gasteiger partial charge in [0.15, 0.2) is 0 Å². The van der Waals surface area contributed by atoms with E-state index in [0.29, 0.717) is 10.8 Å². The zero-order valence-corrected chi connectivity index (χ0v) is 14.8. The molecule has 0 aromatic heterocycles. The minimum absolute atomic E-state index is 0.505. The van der Waals surface area contributed by atoms with Crippen molar-refractivity contribution in [1.82, 2.24) is 0 Å². The van der Waals surface area contributed by atoms with Crippen LogP contribution in [0.15, 0.2) is 0 Å². The molecule has 1 saturated carbocycles. The van der Waals surface area contributed by atoms with Gasteiger partial charge in [0.1, 0.15) is 0 Å². The second-order valence-electron chi connectivity index (χ2n) is 8.50. The fraction of sp³-hybridized carbons (Fsp3) is 1.00. The van der Waals surface area contributed by atoms with Gasteiger partial charge in [0.2, 0.25) is 0 Å². The van der Waals surface area contributed by atoms with E-state index >= 15 is 0 Å². The molecule has 1 fully saturated rings. The second kappa shape index (κ2) is 6.19. The molecule has 19 heavy (non-hydrogen) atoms. The van der Waals surface area contributed by atoms with E-state index in [4.69, 9.17) is 0 Å². The average molecular weight is 267 g/mol. The molecule has 4 unspecified atom stereocenters.